The Balaban J connectivity index is 1.51. The van der Waals surface area contributed by atoms with Crippen molar-refractivity contribution in [1.29, 1.82) is 0 Å². The lowest BCUT2D eigenvalue weighted by Crippen LogP contribution is -2.27. The van der Waals surface area contributed by atoms with E-state index in [-0.39, 0.29) is 12.5 Å². The fourth-order valence-electron chi connectivity index (χ4n) is 2.40. The Kier molecular flexibility index (Phi) is 4.70. The summed E-state index contributed by atoms with van der Waals surface area (Å²) in [5, 5.41) is 11.6. The molecule has 1 aromatic heterocycles. The summed E-state index contributed by atoms with van der Waals surface area (Å²) < 4.78 is 6.89. The van der Waals surface area contributed by atoms with E-state index in [2.05, 4.69) is 15.6 Å². The van der Waals surface area contributed by atoms with E-state index in [0.717, 1.165) is 24.3 Å². The third-order valence-corrected chi connectivity index (χ3v) is 3.82. The molecule has 2 aromatic rings. The summed E-state index contributed by atoms with van der Waals surface area (Å²) in [6.07, 6.45) is 2.78. The Bertz CT molecular complexity index is 652. The van der Waals surface area contributed by atoms with Crippen LogP contribution < -0.4 is 5.32 Å². The van der Waals surface area contributed by atoms with Crippen LogP contribution in [0.15, 0.2) is 30.5 Å². The maximum Gasteiger partial charge on any atom is 0.242 e. The normalized spacial score (nSPS) is 17.6. The molecule has 3 rings (SSSR count). The van der Waals surface area contributed by atoms with Gasteiger partial charge in [-0.1, -0.05) is 28.9 Å². The van der Waals surface area contributed by atoms with Crippen molar-refractivity contribution < 1.29 is 9.53 Å². The summed E-state index contributed by atoms with van der Waals surface area (Å²) in [6.45, 7) is 2.04. The molecule has 0 spiro atoms. The topological polar surface area (TPSA) is 69.0 Å². The summed E-state index contributed by atoms with van der Waals surface area (Å²) in [6, 6.07) is 7.41. The van der Waals surface area contributed by atoms with Crippen molar-refractivity contribution in [3.8, 4) is 0 Å². The van der Waals surface area contributed by atoms with E-state index in [1.807, 2.05) is 24.4 Å². The average molecular weight is 321 g/mol. The van der Waals surface area contributed by atoms with Crippen LogP contribution in [0.4, 0.5) is 0 Å². The quantitative estimate of drug-likeness (QED) is 0.911. The first-order valence-corrected chi connectivity index (χ1v) is 7.57. The molecular formula is C15H17ClN4O2. The molecule has 0 radical (unpaired) electrons. The zero-order valence-electron chi connectivity index (χ0n) is 12.0. The average Bonchev–Trinajstić information content (AvgIpc) is 3.16. The third-order valence-electron chi connectivity index (χ3n) is 3.59. The van der Waals surface area contributed by atoms with Crippen LogP contribution in [-0.2, 0) is 22.6 Å². The maximum atomic E-state index is 11.9. The molecule has 1 unspecified atom stereocenters. The van der Waals surface area contributed by atoms with E-state index in [4.69, 9.17) is 16.3 Å². The summed E-state index contributed by atoms with van der Waals surface area (Å²) in [5.74, 6) is 0.183. The van der Waals surface area contributed by atoms with Crippen molar-refractivity contribution >= 4 is 17.5 Å². The zero-order chi connectivity index (χ0) is 15.4. The lowest BCUT2D eigenvalue weighted by atomic mass is 10.1. The molecule has 116 valence electrons. The van der Waals surface area contributed by atoms with Gasteiger partial charge in [0, 0.05) is 30.3 Å². The molecule has 7 heteroatoms. The van der Waals surface area contributed by atoms with Crippen LogP contribution in [0.5, 0.6) is 0 Å². The number of benzene rings is 1. The minimum absolute atomic E-state index is 0.112. The fraction of sp³-hybridized carbons (Fsp3) is 0.400. The van der Waals surface area contributed by atoms with Gasteiger partial charge in [-0.05, 0) is 24.1 Å². The minimum atomic E-state index is -0.112. The lowest BCUT2D eigenvalue weighted by Gasteiger charge is -2.05. The monoisotopic (exact) mass is 320 g/mol. The highest BCUT2D eigenvalue weighted by Crippen LogP contribution is 2.22. The summed E-state index contributed by atoms with van der Waals surface area (Å²) in [4.78, 5) is 11.9. The number of halogens is 1. The summed E-state index contributed by atoms with van der Waals surface area (Å²) >= 11 is 5.91. The van der Waals surface area contributed by atoms with Gasteiger partial charge in [0.15, 0.2) is 0 Å². The minimum Gasteiger partial charge on any atom is -0.381 e. The Morgan fingerprint density at radius 2 is 2.41 bits per heavy atom. The van der Waals surface area contributed by atoms with E-state index < -0.39 is 0 Å². The van der Waals surface area contributed by atoms with Gasteiger partial charge in [0.2, 0.25) is 5.91 Å². The predicted molar refractivity (Wildman–Crippen MR) is 81.5 cm³/mol. The van der Waals surface area contributed by atoms with Crippen molar-refractivity contribution in [2.75, 3.05) is 13.2 Å². The molecule has 1 aromatic carbocycles. The molecule has 1 N–H and O–H groups in total. The number of ether oxygens (including phenoxy) is 1. The number of amides is 1. The predicted octanol–water partition coefficient (Wildman–Crippen LogP) is 1.75. The number of carbonyl (C=O) groups is 1. The highest BCUT2D eigenvalue weighted by atomic mass is 35.5. The van der Waals surface area contributed by atoms with E-state index in [1.165, 1.54) is 0 Å². The molecule has 22 heavy (non-hydrogen) atoms. The van der Waals surface area contributed by atoms with E-state index >= 15 is 0 Å². The van der Waals surface area contributed by atoms with Gasteiger partial charge >= 0.3 is 0 Å². The van der Waals surface area contributed by atoms with Crippen molar-refractivity contribution in [2.45, 2.75) is 25.4 Å². The molecule has 6 nitrogen and oxygen atoms in total. The van der Waals surface area contributed by atoms with Gasteiger partial charge < -0.3 is 10.1 Å². The zero-order valence-corrected chi connectivity index (χ0v) is 12.8. The highest BCUT2D eigenvalue weighted by molar-refractivity contribution is 6.30. The number of nitrogens with zero attached hydrogens (tertiary/aromatic N) is 3. The van der Waals surface area contributed by atoms with Crippen molar-refractivity contribution in [3.63, 3.8) is 0 Å². The first kappa shape index (κ1) is 15.0. The van der Waals surface area contributed by atoms with Crippen LogP contribution in [0.2, 0.25) is 5.02 Å². The first-order chi connectivity index (χ1) is 10.7. The molecule has 0 bridgehead atoms. The van der Waals surface area contributed by atoms with Crippen LogP contribution in [0.1, 0.15) is 23.6 Å². The first-order valence-electron chi connectivity index (χ1n) is 7.19. The third kappa shape index (κ3) is 3.84. The van der Waals surface area contributed by atoms with Crippen LogP contribution in [0.3, 0.4) is 0 Å². The molecule has 1 fully saturated rings. The van der Waals surface area contributed by atoms with Gasteiger partial charge in [-0.2, -0.15) is 0 Å². The molecular weight excluding hydrogens is 304 g/mol. The fourth-order valence-corrected chi connectivity index (χ4v) is 2.61. The number of aromatic nitrogens is 3. The van der Waals surface area contributed by atoms with E-state index in [1.54, 1.807) is 10.7 Å². The smallest absolute Gasteiger partial charge is 0.242 e. The summed E-state index contributed by atoms with van der Waals surface area (Å²) in [5.41, 5.74) is 1.85. The molecule has 1 atom stereocenters. The van der Waals surface area contributed by atoms with Crippen LogP contribution in [0.25, 0.3) is 0 Å². The standard InChI is InChI=1S/C15H17ClN4O2/c16-13-3-1-2-11(6-13)7-17-15(21)9-20-8-14(18-19-20)12-4-5-22-10-12/h1-3,6,8,12H,4-5,7,9-10H2,(H,17,21). The Hall–Kier alpha value is -1.92. The Morgan fingerprint density at radius 3 is 3.18 bits per heavy atom. The number of carbonyl (C=O) groups excluding carboxylic acids is 1. The number of rotatable bonds is 5. The van der Waals surface area contributed by atoms with Gasteiger partial charge in [0.25, 0.3) is 0 Å². The number of hydrogen-bond acceptors (Lipinski definition) is 4. The van der Waals surface area contributed by atoms with Crippen molar-refractivity contribution in [2.24, 2.45) is 0 Å². The molecule has 1 aliphatic rings. The lowest BCUT2D eigenvalue weighted by molar-refractivity contribution is -0.122. The number of hydrogen-bond donors (Lipinski definition) is 1. The van der Waals surface area contributed by atoms with Gasteiger partial charge in [0.1, 0.15) is 6.54 Å². The largest absolute Gasteiger partial charge is 0.381 e. The van der Waals surface area contributed by atoms with Crippen LogP contribution in [-0.4, -0.2) is 34.1 Å². The van der Waals surface area contributed by atoms with Gasteiger partial charge in [-0.25, -0.2) is 4.68 Å². The second kappa shape index (κ2) is 6.89. The molecule has 1 aliphatic heterocycles. The second-order valence-corrected chi connectivity index (χ2v) is 5.74. The molecule has 0 saturated carbocycles. The highest BCUT2D eigenvalue weighted by Gasteiger charge is 2.21. The number of nitrogens with one attached hydrogen (secondary N) is 1. The molecule has 1 saturated heterocycles. The Labute approximate surface area is 133 Å². The van der Waals surface area contributed by atoms with Crippen LogP contribution >= 0.6 is 11.6 Å². The van der Waals surface area contributed by atoms with Gasteiger partial charge in [-0.15, -0.1) is 5.10 Å². The SMILES string of the molecule is O=C(Cn1cc(C2CCOC2)nn1)NCc1cccc(Cl)c1. The van der Waals surface area contributed by atoms with Gasteiger partial charge in [-0.3, -0.25) is 4.79 Å². The molecule has 1 amide bonds. The maximum absolute atomic E-state index is 11.9. The second-order valence-electron chi connectivity index (χ2n) is 5.31. The molecule has 2 heterocycles. The Morgan fingerprint density at radius 1 is 1.50 bits per heavy atom. The van der Waals surface area contributed by atoms with E-state index in [0.29, 0.717) is 24.1 Å². The molecule has 0 aliphatic carbocycles. The van der Waals surface area contributed by atoms with Crippen LogP contribution in [0, 0.1) is 0 Å². The van der Waals surface area contributed by atoms with E-state index in [9.17, 15) is 4.79 Å². The van der Waals surface area contributed by atoms with Crippen molar-refractivity contribution in [1.82, 2.24) is 20.3 Å². The summed E-state index contributed by atoms with van der Waals surface area (Å²) in [7, 11) is 0. The van der Waals surface area contributed by atoms with Crippen molar-refractivity contribution in [3.05, 3.63) is 46.7 Å². The van der Waals surface area contributed by atoms with Gasteiger partial charge in [0.05, 0.1) is 12.3 Å².